The molecule has 20 heavy (non-hydrogen) atoms. The van der Waals surface area contributed by atoms with E-state index in [2.05, 4.69) is 0 Å². The Morgan fingerprint density at radius 2 is 1.05 bits per heavy atom. The van der Waals surface area contributed by atoms with E-state index >= 15 is 0 Å². The summed E-state index contributed by atoms with van der Waals surface area (Å²) in [4.78, 5) is 0. The summed E-state index contributed by atoms with van der Waals surface area (Å²) in [5, 5.41) is 0. The van der Waals surface area contributed by atoms with Crippen LogP contribution in [0.25, 0.3) is 0 Å². The molecule has 0 bridgehead atoms. The third-order valence-electron chi connectivity index (χ3n) is 7.74. The fourth-order valence-corrected chi connectivity index (χ4v) is 6.94. The highest BCUT2D eigenvalue weighted by molar-refractivity contribution is 4.98. The Bertz CT molecular complexity index is 339. The van der Waals surface area contributed by atoms with Crippen molar-refractivity contribution in [3.05, 3.63) is 0 Å². The van der Waals surface area contributed by atoms with Crippen molar-refractivity contribution in [2.75, 3.05) is 0 Å². The third-order valence-corrected chi connectivity index (χ3v) is 7.74. The van der Waals surface area contributed by atoms with E-state index in [1.54, 1.807) is 32.1 Å². The van der Waals surface area contributed by atoms with Gasteiger partial charge in [-0.2, -0.15) is 0 Å². The number of nitrogens with two attached hydrogens (primary N) is 1. The second kappa shape index (κ2) is 5.63. The molecule has 4 fully saturated rings. The first-order chi connectivity index (χ1) is 9.84. The zero-order valence-electron chi connectivity index (χ0n) is 13.1. The molecule has 114 valence electrons. The smallest absolute Gasteiger partial charge is 0.00699 e. The van der Waals surface area contributed by atoms with E-state index in [4.69, 9.17) is 5.73 Å². The lowest BCUT2D eigenvalue weighted by molar-refractivity contribution is -0.0224. The average Bonchev–Trinajstić information content (AvgIpc) is 2.92. The Balaban J connectivity index is 1.52. The van der Waals surface area contributed by atoms with Gasteiger partial charge in [0, 0.05) is 6.04 Å². The van der Waals surface area contributed by atoms with Gasteiger partial charge in [0.05, 0.1) is 0 Å². The van der Waals surface area contributed by atoms with Crippen molar-refractivity contribution in [1.29, 1.82) is 0 Å². The standard InChI is InChI=1S/C19H33N/c20-19-10-4-9-18(19)16-8-3-7-15-14-6-2-1-5-13(14)11-12-17(15)16/h13-19H,1-12,20H2. The molecule has 1 heteroatoms. The molecule has 0 saturated heterocycles. The van der Waals surface area contributed by atoms with E-state index in [1.165, 1.54) is 44.9 Å². The Labute approximate surface area is 125 Å². The van der Waals surface area contributed by atoms with Gasteiger partial charge in [-0.1, -0.05) is 32.1 Å². The van der Waals surface area contributed by atoms with Crippen LogP contribution in [0.3, 0.4) is 0 Å². The van der Waals surface area contributed by atoms with E-state index < -0.39 is 0 Å². The third kappa shape index (κ3) is 2.25. The summed E-state index contributed by atoms with van der Waals surface area (Å²) in [6.07, 6.45) is 18.0. The van der Waals surface area contributed by atoms with Crippen molar-refractivity contribution in [2.45, 2.75) is 83.1 Å². The molecule has 0 aromatic rings. The SMILES string of the molecule is NC1CCCC1C1CCCC2C3CCCCC3CCC12. The van der Waals surface area contributed by atoms with E-state index in [0.29, 0.717) is 6.04 Å². The summed E-state index contributed by atoms with van der Waals surface area (Å²) in [6, 6.07) is 0.544. The lowest BCUT2D eigenvalue weighted by atomic mass is 9.53. The Kier molecular flexibility index (Phi) is 3.83. The highest BCUT2D eigenvalue weighted by Gasteiger charge is 2.47. The van der Waals surface area contributed by atoms with Crippen LogP contribution < -0.4 is 5.73 Å². The summed E-state index contributed by atoms with van der Waals surface area (Å²) < 4.78 is 0. The van der Waals surface area contributed by atoms with E-state index in [1.807, 2.05) is 0 Å². The minimum atomic E-state index is 0.544. The maximum atomic E-state index is 6.46. The fourth-order valence-electron chi connectivity index (χ4n) is 6.94. The zero-order valence-corrected chi connectivity index (χ0v) is 13.1. The Morgan fingerprint density at radius 1 is 0.450 bits per heavy atom. The van der Waals surface area contributed by atoms with Gasteiger partial charge in [-0.25, -0.2) is 0 Å². The van der Waals surface area contributed by atoms with Gasteiger partial charge in [-0.15, -0.1) is 0 Å². The Morgan fingerprint density at radius 3 is 1.85 bits per heavy atom. The predicted molar refractivity (Wildman–Crippen MR) is 84.3 cm³/mol. The van der Waals surface area contributed by atoms with Gasteiger partial charge in [0.25, 0.3) is 0 Å². The fraction of sp³-hybridized carbons (Fsp3) is 1.00. The van der Waals surface area contributed by atoms with Gasteiger partial charge in [-0.3, -0.25) is 0 Å². The molecular weight excluding hydrogens is 242 g/mol. The minimum absolute atomic E-state index is 0.544. The lowest BCUT2D eigenvalue weighted by Gasteiger charge is -2.52. The monoisotopic (exact) mass is 275 g/mol. The minimum Gasteiger partial charge on any atom is -0.327 e. The topological polar surface area (TPSA) is 26.0 Å². The molecule has 7 unspecified atom stereocenters. The van der Waals surface area contributed by atoms with E-state index in [9.17, 15) is 0 Å². The number of fused-ring (bicyclic) bond motifs is 3. The van der Waals surface area contributed by atoms with Gasteiger partial charge in [0.1, 0.15) is 0 Å². The van der Waals surface area contributed by atoms with Crippen LogP contribution in [-0.2, 0) is 0 Å². The summed E-state index contributed by atoms with van der Waals surface area (Å²) in [5.74, 6) is 6.29. The Hall–Kier alpha value is -0.0400. The van der Waals surface area contributed by atoms with Crippen molar-refractivity contribution < 1.29 is 0 Å². The quantitative estimate of drug-likeness (QED) is 0.734. The van der Waals surface area contributed by atoms with Gasteiger partial charge >= 0.3 is 0 Å². The normalized spacial score (nSPS) is 52.4. The van der Waals surface area contributed by atoms with Crippen LogP contribution in [0.4, 0.5) is 0 Å². The molecule has 0 heterocycles. The van der Waals surface area contributed by atoms with Crippen LogP contribution in [0.5, 0.6) is 0 Å². The maximum Gasteiger partial charge on any atom is 0.00699 e. The van der Waals surface area contributed by atoms with Crippen LogP contribution >= 0.6 is 0 Å². The summed E-state index contributed by atoms with van der Waals surface area (Å²) in [5.41, 5.74) is 6.46. The highest BCUT2D eigenvalue weighted by atomic mass is 14.7. The molecule has 0 amide bonds. The van der Waals surface area contributed by atoms with E-state index in [0.717, 1.165) is 35.5 Å². The molecule has 4 aliphatic rings. The largest absolute Gasteiger partial charge is 0.327 e. The molecule has 4 aliphatic carbocycles. The second-order valence-corrected chi connectivity index (χ2v) is 8.47. The van der Waals surface area contributed by atoms with Gasteiger partial charge in [0.15, 0.2) is 0 Å². The summed E-state index contributed by atoms with van der Waals surface area (Å²) in [7, 11) is 0. The molecular formula is C19H33N. The summed E-state index contributed by atoms with van der Waals surface area (Å²) >= 11 is 0. The molecule has 4 saturated carbocycles. The van der Waals surface area contributed by atoms with Crippen molar-refractivity contribution in [2.24, 2.45) is 41.2 Å². The van der Waals surface area contributed by atoms with Crippen LogP contribution in [0.2, 0.25) is 0 Å². The van der Waals surface area contributed by atoms with Crippen molar-refractivity contribution in [3.63, 3.8) is 0 Å². The van der Waals surface area contributed by atoms with Gasteiger partial charge < -0.3 is 5.73 Å². The average molecular weight is 275 g/mol. The first kappa shape index (κ1) is 13.6. The summed E-state index contributed by atoms with van der Waals surface area (Å²) in [6.45, 7) is 0. The second-order valence-electron chi connectivity index (χ2n) is 8.47. The van der Waals surface area contributed by atoms with Crippen LogP contribution in [0, 0.1) is 35.5 Å². The first-order valence-corrected chi connectivity index (χ1v) is 9.60. The highest BCUT2D eigenvalue weighted by Crippen LogP contribution is 2.55. The van der Waals surface area contributed by atoms with Crippen LogP contribution in [-0.4, -0.2) is 6.04 Å². The molecule has 0 aromatic heterocycles. The molecule has 7 atom stereocenters. The predicted octanol–water partition coefficient (Wildman–Crippen LogP) is 4.75. The van der Waals surface area contributed by atoms with Crippen molar-refractivity contribution in [1.82, 2.24) is 0 Å². The number of rotatable bonds is 1. The lowest BCUT2D eigenvalue weighted by Crippen LogP contribution is -2.45. The molecule has 0 radical (unpaired) electrons. The number of hydrogen-bond donors (Lipinski definition) is 1. The first-order valence-electron chi connectivity index (χ1n) is 9.60. The van der Waals surface area contributed by atoms with Gasteiger partial charge in [0.2, 0.25) is 0 Å². The van der Waals surface area contributed by atoms with Crippen molar-refractivity contribution in [3.8, 4) is 0 Å². The molecule has 0 spiro atoms. The maximum absolute atomic E-state index is 6.46. The van der Waals surface area contributed by atoms with E-state index in [-0.39, 0.29) is 0 Å². The molecule has 0 aromatic carbocycles. The number of hydrogen-bond acceptors (Lipinski definition) is 1. The molecule has 2 N–H and O–H groups in total. The van der Waals surface area contributed by atoms with Gasteiger partial charge in [-0.05, 0) is 80.5 Å². The molecule has 0 aliphatic heterocycles. The molecule has 1 nitrogen and oxygen atoms in total. The van der Waals surface area contributed by atoms with Crippen LogP contribution in [0.1, 0.15) is 77.0 Å². The molecule has 4 rings (SSSR count). The van der Waals surface area contributed by atoms with Crippen molar-refractivity contribution >= 4 is 0 Å². The zero-order chi connectivity index (χ0) is 13.5. The van der Waals surface area contributed by atoms with Crippen LogP contribution in [0.15, 0.2) is 0 Å².